The molecule has 28 heavy (non-hydrogen) atoms. The minimum atomic E-state index is -0.177. The number of hydrogen-bond donors (Lipinski definition) is 1. The van der Waals surface area contributed by atoms with Crippen LogP contribution in [0.15, 0.2) is 84.6 Å². The topological polar surface area (TPSA) is 21.3 Å². The summed E-state index contributed by atoms with van der Waals surface area (Å²) >= 11 is 0. The zero-order chi connectivity index (χ0) is 19.3. The van der Waals surface area contributed by atoms with Crippen LogP contribution in [0.3, 0.4) is 0 Å². The van der Waals surface area contributed by atoms with Crippen molar-refractivity contribution in [3.05, 3.63) is 101 Å². The quantitative estimate of drug-likeness (QED) is 0.738. The Labute approximate surface area is 166 Å². The third kappa shape index (κ3) is 2.48. The normalized spacial score (nSPS) is 27.6. The molecule has 0 saturated heterocycles. The maximum atomic E-state index is 6.50. The van der Waals surface area contributed by atoms with Gasteiger partial charge in [0.2, 0.25) is 0 Å². The van der Waals surface area contributed by atoms with Gasteiger partial charge in [-0.1, -0.05) is 71.8 Å². The van der Waals surface area contributed by atoms with Gasteiger partial charge in [-0.15, -0.1) is 0 Å². The van der Waals surface area contributed by atoms with Crippen molar-refractivity contribution in [3.63, 3.8) is 0 Å². The van der Waals surface area contributed by atoms with Crippen molar-refractivity contribution in [1.82, 2.24) is 5.32 Å². The molecule has 1 aliphatic carbocycles. The monoisotopic (exact) mass is 367 g/mol. The highest BCUT2D eigenvalue weighted by Gasteiger charge is 2.50. The number of para-hydroxylation sites is 1. The first-order valence-corrected chi connectivity index (χ1v) is 9.94. The lowest BCUT2D eigenvalue weighted by Crippen LogP contribution is -2.51. The van der Waals surface area contributed by atoms with Gasteiger partial charge in [0.15, 0.2) is 0 Å². The van der Waals surface area contributed by atoms with E-state index in [9.17, 15) is 0 Å². The standard InChI is InChI=1S/C26H25NO/c1-17-8-11-19(12-9-17)20-14-15-27-24(16-20)26(3)18(2)10-13-22-21-6-4-5-7-23(21)28-25(22)26/h4-16,24-25,27H,1-3H3. The minimum Gasteiger partial charge on any atom is -0.484 e. The predicted molar refractivity (Wildman–Crippen MR) is 116 cm³/mol. The first-order chi connectivity index (χ1) is 13.6. The molecule has 2 heteroatoms. The van der Waals surface area contributed by atoms with Gasteiger partial charge in [-0.25, -0.2) is 0 Å². The number of nitrogens with one attached hydrogen (secondary N) is 1. The zero-order valence-electron chi connectivity index (χ0n) is 16.6. The van der Waals surface area contributed by atoms with Crippen LogP contribution < -0.4 is 10.1 Å². The Morgan fingerprint density at radius 3 is 2.57 bits per heavy atom. The molecule has 1 N–H and O–H groups in total. The molecule has 2 heterocycles. The Balaban J connectivity index is 1.55. The van der Waals surface area contributed by atoms with Crippen molar-refractivity contribution < 1.29 is 4.74 Å². The Morgan fingerprint density at radius 1 is 0.964 bits per heavy atom. The van der Waals surface area contributed by atoms with Gasteiger partial charge >= 0.3 is 0 Å². The molecule has 0 aromatic heterocycles. The van der Waals surface area contributed by atoms with E-state index in [2.05, 4.69) is 99.1 Å². The molecule has 2 aromatic rings. The van der Waals surface area contributed by atoms with E-state index in [1.807, 2.05) is 6.07 Å². The van der Waals surface area contributed by atoms with Gasteiger partial charge in [0.25, 0.3) is 0 Å². The van der Waals surface area contributed by atoms with Gasteiger partial charge in [0.1, 0.15) is 11.9 Å². The molecule has 0 radical (unpaired) electrons. The Morgan fingerprint density at radius 2 is 1.75 bits per heavy atom. The van der Waals surface area contributed by atoms with E-state index in [0.29, 0.717) is 0 Å². The van der Waals surface area contributed by atoms with E-state index in [1.54, 1.807) is 0 Å². The second kappa shape index (κ2) is 6.27. The van der Waals surface area contributed by atoms with Gasteiger partial charge in [-0.2, -0.15) is 0 Å². The van der Waals surface area contributed by atoms with Crippen molar-refractivity contribution in [2.75, 3.05) is 0 Å². The Bertz CT molecular complexity index is 1050. The Kier molecular flexibility index (Phi) is 3.83. The second-order valence-electron chi connectivity index (χ2n) is 8.21. The summed E-state index contributed by atoms with van der Waals surface area (Å²) in [5, 5.41) is 3.61. The van der Waals surface area contributed by atoms with Gasteiger partial charge < -0.3 is 10.1 Å². The fourth-order valence-corrected chi connectivity index (χ4v) is 4.58. The first kappa shape index (κ1) is 17.1. The fraction of sp³-hybridized carbons (Fsp3) is 0.231. The SMILES string of the molecule is CC1=CC=C2c3ccccc3OC2C1(C)C1C=C(c2ccc(C)cc2)C=CN1. The van der Waals surface area contributed by atoms with Crippen LogP contribution in [-0.4, -0.2) is 12.1 Å². The molecule has 3 unspecified atom stereocenters. The molecule has 5 rings (SSSR count). The molecule has 2 aromatic carbocycles. The molecule has 2 nitrogen and oxygen atoms in total. The molecule has 0 amide bonds. The summed E-state index contributed by atoms with van der Waals surface area (Å²) in [7, 11) is 0. The van der Waals surface area contributed by atoms with Crippen molar-refractivity contribution in [2.24, 2.45) is 5.41 Å². The van der Waals surface area contributed by atoms with E-state index in [1.165, 1.54) is 33.4 Å². The summed E-state index contributed by atoms with van der Waals surface area (Å²) in [5.74, 6) is 0.988. The summed E-state index contributed by atoms with van der Waals surface area (Å²) in [5.41, 5.74) is 7.45. The van der Waals surface area contributed by atoms with Crippen LogP contribution in [0.4, 0.5) is 0 Å². The molecular weight excluding hydrogens is 342 g/mol. The van der Waals surface area contributed by atoms with Gasteiger partial charge in [0, 0.05) is 11.1 Å². The smallest absolute Gasteiger partial charge is 0.136 e. The maximum absolute atomic E-state index is 6.50. The highest BCUT2D eigenvalue weighted by atomic mass is 16.5. The van der Waals surface area contributed by atoms with Crippen LogP contribution in [0.5, 0.6) is 5.75 Å². The number of benzene rings is 2. The molecule has 2 aliphatic heterocycles. The summed E-state index contributed by atoms with van der Waals surface area (Å²) in [4.78, 5) is 0. The lowest BCUT2D eigenvalue weighted by Gasteiger charge is -2.44. The summed E-state index contributed by atoms with van der Waals surface area (Å²) in [6, 6.07) is 17.3. The first-order valence-electron chi connectivity index (χ1n) is 9.94. The average molecular weight is 367 g/mol. The number of ether oxygens (including phenoxy) is 1. The van der Waals surface area contributed by atoms with Gasteiger partial charge in [0.05, 0.1) is 11.5 Å². The summed E-state index contributed by atoms with van der Waals surface area (Å²) in [6.07, 6.45) is 11.1. The van der Waals surface area contributed by atoms with E-state index in [0.717, 1.165) is 5.75 Å². The summed E-state index contributed by atoms with van der Waals surface area (Å²) in [6.45, 7) is 6.67. The van der Waals surface area contributed by atoms with Crippen LogP contribution in [-0.2, 0) is 0 Å². The summed E-state index contributed by atoms with van der Waals surface area (Å²) < 4.78 is 6.50. The van der Waals surface area contributed by atoms with E-state index in [4.69, 9.17) is 4.74 Å². The largest absolute Gasteiger partial charge is 0.484 e. The van der Waals surface area contributed by atoms with Crippen molar-refractivity contribution in [2.45, 2.75) is 32.9 Å². The van der Waals surface area contributed by atoms with E-state index in [-0.39, 0.29) is 17.6 Å². The highest BCUT2D eigenvalue weighted by Crippen LogP contribution is 2.52. The number of dihydropyridines is 1. The zero-order valence-corrected chi connectivity index (χ0v) is 16.6. The molecule has 140 valence electrons. The lowest BCUT2D eigenvalue weighted by molar-refractivity contribution is 0.126. The van der Waals surface area contributed by atoms with E-state index < -0.39 is 0 Å². The van der Waals surface area contributed by atoms with Crippen molar-refractivity contribution in [1.29, 1.82) is 0 Å². The van der Waals surface area contributed by atoms with Crippen LogP contribution in [0, 0.1) is 12.3 Å². The number of rotatable bonds is 2. The number of fused-ring (bicyclic) bond motifs is 3. The molecule has 3 atom stereocenters. The van der Waals surface area contributed by atoms with Crippen molar-refractivity contribution >= 4 is 11.1 Å². The lowest BCUT2D eigenvalue weighted by atomic mass is 9.66. The minimum absolute atomic E-state index is 0.00872. The van der Waals surface area contributed by atoms with Gasteiger partial charge in [-0.05, 0) is 50.3 Å². The number of allylic oxidation sites excluding steroid dienone is 4. The maximum Gasteiger partial charge on any atom is 0.136 e. The van der Waals surface area contributed by atoms with E-state index >= 15 is 0 Å². The molecule has 0 saturated carbocycles. The van der Waals surface area contributed by atoms with Crippen LogP contribution in [0.25, 0.3) is 11.1 Å². The fourth-order valence-electron chi connectivity index (χ4n) is 4.58. The van der Waals surface area contributed by atoms with Crippen molar-refractivity contribution in [3.8, 4) is 5.75 Å². The third-order valence-corrected chi connectivity index (χ3v) is 6.55. The molecule has 3 aliphatic rings. The van der Waals surface area contributed by atoms with Crippen LogP contribution >= 0.6 is 0 Å². The second-order valence-corrected chi connectivity index (χ2v) is 8.21. The number of hydrogen-bond acceptors (Lipinski definition) is 2. The highest BCUT2D eigenvalue weighted by molar-refractivity contribution is 5.82. The van der Waals surface area contributed by atoms with Crippen LogP contribution in [0.1, 0.15) is 30.5 Å². The Hall–Kier alpha value is -3.00. The van der Waals surface area contributed by atoms with Crippen LogP contribution in [0.2, 0.25) is 0 Å². The van der Waals surface area contributed by atoms with Gasteiger partial charge in [-0.3, -0.25) is 0 Å². The number of aryl methyl sites for hydroxylation is 1. The molecule has 0 fully saturated rings. The molecular formula is C26H25NO. The predicted octanol–water partition coefficient (Wildman–Crippen LogP) is 5.67. The third-order valence-electron chi connectivity index (χ3n) is 6.55. The molecule has 0 bridgehead atoms. The average Bonchev–Trinajstić information content (AvgIpc) is 3.11. The molecule has 0 spiro atoms.